The molecule has 1 aliphatic rings. The van der Waals surface area contributed by atoms with Gasteiger partial charge in [-0.2, -0.15) is 0 Å². The maximum absolute atomic E-state index is 6.69. The minimum atomic E-state index is -2.80. The van der Waals surface area contributed by atoms with Crippen LogP contribution in [0.25, 0.3) is 0 Å². The van der Waals surface area contributed by atoms with Crippen molar-refractivity contribution in [3.8, 4) is 0 Å². The molecule has 0 N–H and O–H groups in total. The fourth-order valence-electron chi connectivity index (χ4n) is 2.22. The van der Waals surface area contributed by atoms with Crippen molar-refractivity contribution in [1.82, 2.24) is 4.57 Å². The van der Waals surface area contributed by atoms with Gasteiger partial charge >= 0.3 is 8.03 Å². The first-order valence-electron chi connectivity index (χ1n) is 7.01. The van der Waals surface area contributed by atoms with Crippen molar-refractivity contribution in [2.24, 2.45) is 5.41 Å². The Bertz CT molecular complexity index is 451. The van der Waals surface area contributed by atoms with Crippen LogP contribution < -0.4 is 0 Å². The molecule has 20 heavy (non-hydrogen) atoms. The largest absolute Gasteiger partial charge is 0.537 e. The quantitative estimate of drug-likeness (QED) is 0.625. The van der Waals surface area contributed by atoms with Crippen LogP contribution in [0.2, 0.25) is 0 Å². The third kappa shape index (κ3) is 3.43. The predicted octanol–water partition coefficient (Wildman–Crippen LogP) is 3.82. The molecule has 2 rings (SSSR count). The summed E-state index contributed by atoms with van der Waals surface area (Å²) >= 11 is 6.69. The summed E-state index contributed by atoms with van der Waals surface area (Å²) in [4.78, 5) is 0. The molecule has 0 amide bonds. The van der Waals surface area contributed by atoms with Crippen molar-refractivity contribution < 1.29 is 8.85 Å². The fraction of sp³-hybridized carbons (Fsp3) is 0.600. The number of benzene rings is 1. The zero-order valence-electron chi connectivity index (χ0n) is 12.9. The average molecular weight is 314 g/mol. The maximum Gasteiger partial charge on any atom is 0.537 e. The second kappa shape index (κ2) is 5.77. The summed E-state index contributed by atoms with van der Waals surface area (Å²) in [5.41, 5.74) is 1.23. The molecular weight excluding hydrogens is 290 g/mol. The lowest BCUT2D eigenvalue weighted by Gasteiger charge is -2.29. The Labute approximate surface area is 127 Å². The van der Waals surface area contributed by atoms with Crippen LogP contribution in [0, 0.1) is 5.41 Å². The van der Waals surface area contributed by atoms with Gasteiger partial charge < -0.3 is 8.85 Å². The Hall–Kier alpha value is -0.393. The molecule has 0 unspecified atom stereocenters. The Morgan fingerprint density at radius 2 is 1.90 bits per heavy atom. The molecular formula is C15H24ClNO2Si. The van der Waals surface area contributed by atoms with Crippen LogP contribution >= 0.6 is 11.1 Å². The summed E-state index contributed by atoms with van der Waals surface area (Å²) in [6.07, 6.45) is -0.0228. The third-order valence-corrected chi connectivity index (χ3v) is 7.24. The van der Waals surface area contributed by atoms with Crippen LogP contribution in [0.1, 0.15) is 39.4 Å². The Kier molecular flexibility index (Phi) is 4.62. The number of halogens is 1. The molecule has 0 aromatic heterocycles. The van der Waals surface area contributed by atoms with Crippen molar-refractivity contribution in [2.45, 2.75) is 39.8 Å². The van der Waals surface area contributed by atoms with E-state index in [2.05, 4.69) is 44.4 Å². The smallest absolute Gasteiger partial charge is 0.370 e. The van der Waals surface area contributed by atoms with Gasteiger partial charge in [-0.1, -0.05) is 62.2 Å². The second-order valence-electron chi connectivity index (χ2n) is 6.65. The third-order valence-electron chi connectivity index (χ3n) is 3.55. The number of hydrogen-bond acceptors (Lipinski definition) is 3. The average Bonchev–Trinajstić information content (AvgIpc) is 2.62. The molecule has 1 aliphatic heterocycles. The summed E-state index contributed by atoms with van der Waals surface area (Å²) < 4.78 is 14.2. The minimum absolute atomic E-state index is 0.0228. The molecule has 3 nitrogen and oxygen atoms in total. The molecule has 0 spiro atoms. The molecule has 1 saturated heterocycles. The molecule has 0 aliphatic carbocycles. The van der Waals surface area contributed by atoms with Crippen LogP contribution in [0.3, 0.4) is 0 Å². The number of nitrogens with zero attached hydrogens (tertiary/aromatic N) is 1. The van der Waals surface area contributed by atoms with Crippen LogP contribution in [-0.2, 0) is 8.85 Å². The number of likely N-dealkylation sites (N-methyl/N-ethyl adjacent to an activating group) is 1. The van der Waals surface area contributed by atoms with Gasteiger partial charge in [0.15, 0.2) is 0 Å². The highest BCUT2D eigenvalue weighted by Gasteiger charge is 2.55. The molecule has 1 aromatic carbocycles. The van der Waals surface area contributed by atoms with Crippen molar-refractivity contribution in [1.29, 1.82) is 0 Å². The molecule has 0 saturated carbocycles. The van der Waals surface area contributed by atoms with E-state index in [0.717, 1.165) is 5.56 Å². The van der Waals surface area contributed by atoms with Crippen molar-refractivity contribution in [3.63, 3.8) is 0 Å². The van der Waals surface area contributed by atoms with E-state index in [1.807, 2.05) is 25.2 Å². The van der Waals surface area contributed by atoms with Gasteiger partial charge in [-0.3, -0.25) is 4.57 Å². The standard InChI is InChI=1S/C15H24ClNO2Si/c1-12-14(13-9-7-6-8-10-13)19-20(16,17(12)5)18-11-15(2,3)4/h6-10,12,14H,11H2,1-5H3/t12-,14+,20-/m0/s1. The topological polar surface area (TPSA) is 21.7 Å². The van der Waals surface area contributed by atoms with Crippen molar-refractivity contribution in [2.75, 3.05) is 13.7 Å². The van der Waals surface area contributed by atoms with Crippen molar-refractivity contribution >= 4 is 19.1 Å². The Balaban J connectivity index is 2.14. The van der Waals surface area contributed by atoms with Gasteiger partial charge in [0, 0.05) is 12.6 Å². The number of hydrogen-bond donors (Lipinski definition) is 0. The molecule has 1 heterocycles. The first-order valence-corrected chi connectivity index (χ1v) is 9.79. The predicted molar refractivity (Wildman–Crippen MR) is 84.5 cm³/mol. The summed E-state index contributed by atoms with van der Waals surface area (Å²) in [5.74, 6) is 0. The first-order chi connectivity index (χ1) is 9.23. The molecule has 5 heteroatoms. The molecule has 0 bridgehead atoms. The van der Waals surface area contributed by atoms with Gasteiger partial charge in [-0.25, -0.2) is 0 Å². The highest BCUT2D eigenvalue weighted by Crippen LogP contribution is 2.40. The zero-order valence-corrected chi connectivity index (χ0v) is 14.6. The summed E-state index contributed by atoms with van der Waals surface area (Å²) in [7, 11) is -0.807. The monoisotopic (exact) mass is 313 g/mol. The lowest BCUT2D eigenvalue weighted by atomic mass is 9.99. The van der Waals surface area contributed by atoms with Gasteiger partial charge in [0.05, 0.1) is 6.10 Å². The minimum Gasteiger partial charge on any atom is -0.370 e. The second-order valence-corrected chi connectivity index (χ2v) is 10.3. The van der Waals surface area contributed by atoms with E-state index in [-0.39, 0.29) is 17.6 Å². The number of rotatable bonds is 3. The van der Waals surface area contributed by atoms with E-state index in [0.29, 0.717) is 6.61 Å². The van der Waals surface area contributed by atoms with Gasteiger partial charge in [0.25, 0.3) is 0 Å². The van der Waals surface area contributed by atoms with Crippen LogP contribution in [0.15, 0.2) is 30.3 Å². The van der Waals surface area contributed by atoms with Crippen LogP contribution in [0.5, 0.6) is 0 Å². The lowest BCUT2D eigenvalue weighted by molar-refractivity contribution is 0.117. The molecule has 1 fully saturated rings. The summed E-state index contributed by atoms with van der Waals surface area (Å²) in [6.45, 7) is 9.13. The summed E-state index contributed by atoms with van der Waals surface area (Å²) in [5, 5.41) is 0. The fourth-order valence-corrected chi connectivity index (χ4v) is 5.45. The van der Waals surface area contributed by atoms with Gasteiger partial charge in [0.1, 0.15) is 0 Å². The van der Waals surface area contributed by atoms with E-state index in [1.165, 1.54) is 0 Å². The molecule has 0 radical (unpaired) electrons. The Morgan fingerprint density at radius 3 is 2.45 bits per heavy atom. The summed E-state index contributed by atoms with van der Waals surface area (Å²) in [6, 6.07) is 10.4. The molecule has 1 aromatic rings. The van der Waals surface area contributed by atoms with Gasteiger partial charge in [-0.05, 0) is 24.9 Å². The van der Waals surface area contributed by atoms with E-state index >= 15 is 0 Å². The molecule has 112 valence electrons. The van der Waals surface area contributed by atoms with E-state index in [1.54, 1.807) is 0 Å². The van der Waals surface area contributed by atoms with Gasteiger partial charge in [-0.15, -0.1) is 0 Å². The lowest BCUT2D eigenvalue weighted by Crippen LogP contribution is -2.49. The van der Waals surface area contributed by atoms with Crippen LogP contribution in [0.4, 0.5) is 0 Å². The Morgan fingerprint density at radius 1 is 1.30 bits per heavy atom. The maximum atomic E-state index is 6.69. The molecule has 3 atom stereocenters. The normalized spacial score (nSPS) is 31.7. The van der Waals surface area contributed by atoms with Crippen LogP contribution in [-0.4, -0.2) is 32.3 Å². The highest BCUT2D eigenvalue weighted by atomic mass is 35.6. The van der Waals surface area contributed by atoms with Crippen molar-refractivity contribution in [3.05, 3.63) is 35.9 Å². The highest BCUT2D eigenvalue weighted by molar-refractivity contribution is 7.11. The van der Waals surface area contributed by atoms with E-state index < -0.39 is 8.03 Å². The zero-order chi connectivity index (χ0) is 15.0. The first kappa shape index (κ1) is 16.0. The van der Waals surface area contributed by atoms with E-state index in [4.69, 9.17) is 19.9 Å². The van der Waals surface area contributed by atoms with Gasteiger partial charge in [0.2, 0.25) is 0 Å². The SMILES string of the molecule is C[C@H]1[C@H](c2ccccc2)O[Si@](Cl)(OCC(C)(C)C)N1C. The van der Waals surface area contributed by atoms with E-state index in [9.17, 15) is 0 Å².